The molecule has 2 bridgehead atoms. The van der Waals surface area contributed by atoms with E-state index in [9.17, 15) is 9.59 Å². The summed E-state index contributed by atoms with van der Waals surface area (Å²) in [6, 6.07) is 7.13. The van der Waals surface area contributed by atoms with Crippen LogP contribution in [0.1, 0.15) is 6.92 Å². The molecule has 3 aliphatic heterocycles. The molecule has 4 rings (SSSR count). The van der Waals surface area contributed by atoms with Gasteiger partial charge in [0, 0.05) is 10.7 Å². The molecule has 0 aromatic heterocycles. The van der Waals surface area contributed by atoms with Crippen LogP contribution in [0.2, 0.25) is 5.02 Å². The molecule has 0 aliphatic carbocycles. The van der Waals surface area contributed by atoms with E-state index in [1.54, 1.807) is 30.0 Å². The molecular weight excluding hydrogens is 318 g/mol. The highest BCUT2D eigenvalue weighted by atomic mass is 35.5. The number of fused-ring (bicyclic) bond motifs is 1. The third kappa shape index (κ3) is 2.03. The molecule has 2 fully saturated rings. The second-order valence-corrected chi connectivity index (χ2v) is 6.49. The van der Waals surface area contributed by atoms with Crippen LogP contribution in [-0.4, -0.2) is 36.7 Å². The second-order valence-electron chi connectivity index (χ2n) is 6.06. The van der Waals surface area contributed by atoms with Crippen LogP contribution < -0.4 is 4.90 Å². The summed E-state index contributed by atoms with van der Waals surface area (Å²) in [5, 5.41) is 0.563. The molecule has 3 aliphatic rings. The molecule has 0 saturated carbocycles. The number of ether oxygens (including phenoxy) is 2. The van der Waals surface area contributed by atoms with E-state index in [2.05, 4.69) is 0 Å². The lowest BCUT2D eigenvalue weighted by Crippen LogP contribution is -2.40. The van der Waals surface area contributed by atoms with Gasteiger partial charge in [-0.05, 0) is 25.1 Å². The van der Waals surface area contributed by atoms with Crippen LogP contribution in [0.3, 0.4) is 0 Å². The fourth-order valence-electron chi connectivity index (χ4n) is 3.87. The highest BCUT2D eigenvalue weighted by molar-refractivity contribution is 6.31. The first-order valence-electron chi connectivity index (χ1n) is 7.66. The molecule has 1 spiro atoms. The van der Waals surface area contributed by atoms with Crippen molar-refractivity contribution < 1.29 is 19.1 Å². The highest BCUT2D eigenvalue weighted by Crippen LogP contribution is 2.52. The molecule has 120 valence electrons. The maximum atomic E-state index is 13.0. The Morgan fingerprint density at radius 3 is 3.09 bits per heavy atom. The predicted octanol–water partition coefficient (Wildman–Crippen LogP) is 2.19. The van der Waals surface area contributed by atoms with Gasteiger partial charge < -0.3 is 14.4 Å². The molecule has 0 N–H and O–H groups in total. The van der Waals surface area contributed by atoms with E-state index >= 15 is 0 Å². The number of halogens is 1. The predicted molar refractivity (Wildman–Crippen MR) is 84.2 cm³/mol. The summed E-state index contributed by atoms with van der Waals surface area (Å²) < 4.78 is 11.2. The Labute approximate surface area is 138 Å². The Morgan fingerprint density at radius 2 is 2.35 bits per heavy atom. The van der Waals surface area contributed by atoms with E-state index in [0.717, 1.165) is 0 Å². The van der Waals surface area contributed by atoms with Crippen LogP contribution in [-0.2, 0) is 19.1 Å². The van der Waals surface area contributed by atoms with Gasteiger partial charge in [-0.1, -0.05) is 29.8 Å². The van der Waals surface area contributed by atoms with Gasteiger partial charge in [-0.2, -0.15) is 0 Å². The van der Waals surface area contributed by atoms with Crippen LogP contribution in [0.4, 0.5) is 5.69 Å². The lowest BCUT2D eigenvalue weighted by molar-refractivity contribution is -0.151. The van der Waals surface area contributed by atoms with Gasteiger partial charge in [0.1, 0.15) is 11.5 Å². The van der Waals surface area contributed by atoms with Crippen LogP contribution in [0.5, 0.6) is 0 Å². The second kappa shape index (κ2) is 5.08. The lowest BCUT2D eigenvalue weighted by Gasteiger charge is -2.22. The van der Waals surface area contributed by atoms with Crippen molar-refractivity contribution >= 4 is 29.2 Å². The van der Waals surface area contributed by atoms with E-state index in [1.165, 1.54) is 0 Å². The van der Waals surface area contributed by atoms with Crippen LogP contribution >= 0.6 is 11.6 Å². The summed E-state index contributed by atoms with van der Waals surface area (Å²) in [7, 11) is 0. The summed E-state index contributed by atoms with van der Waals surface area (Å²) in [5.74, 6) is -1.58. The first-order valence-corrected chi connectivity index (χ1v) is 8.04. The minimum Gasteiger partial charge on any atom is -0.466 e. The normalized spacial score (nSPS) is 34.1. The van der Waals surface area contributed by atoms with Gasteiger partial charge in [-0.3, -0.25) is 9.59 Å². The van der Waals surface area contributed by atoms with Crippen LogP contribution in [0.15, 0.2) is 36.4 Å². The fourth-order valence-corrected chi connectivity index (χ4v) is 4.05. The Balaban J connectivity index is 1.70. The quantitative estimate of drug-likeness (QED) is 0.628. The largest absolute Gasteiger partial charge is 0.466 e. The molecule has 23 heavy (non-hydrogen) atoms. The maximum Gasteiger partial charge on any atom is 0.312 e. The smallest absolute Gasteiger partial charge is 0.312 e. The van der Waals surface area contributed by atoms with Gasteiger partial charge in [0.25, 0.3) is 0 Å². The molecule has 1 aromatic carbocycles. The molecule has 0 radical (unpaired) electrons. The van der Waals surface area contributed by atoms with Crippen molar-refractivity contribution in [3.63, 3.8) is 0 Å². The molecule has 1 aromatic rings. The molecule has 3 heterocycles. The van der Waals surface area contributed by atoms with Gasteiger partial charge in [-0.15, -0.1) is 0 Å². The third-order valence-corrected chi connectivity index (χ3v) is 5.01. The van der Waals surface area contributed by atoms with Crippen molar-refractivity contribution in [1.82, 2.24) is 0 Å². The number of carbonyl (C=O) groups is 2. The Bertz CT molecular complexity index is 718. The van der Waals surface area contributed by atoms with Gasteiger partial charge in [0.05, 0.1) is 25.2 Å². The number of rotatable bonds is 3. The summed E-state index contributed by atoms with van der Waals surface area (Å²) in [6.45, 7) is 2.43. The zero-order valence-electron chi connectivity index (χ0n) is 12.6. The summed E-state index contributed by atoms with van der Waals surface area (Å²) in [5.41, 5.74) is -0.0177. The monoisotopic (exact) mass is 333 g/mol. The highest BCUT2D eigenvalue weighted by Gasteiger charge is 2.67. The number of carbonyl (C=O) groups excluding carboxylic acids is 2. The minimum absolute atomic E-state index is 0.114. The number of amides is 1. The zero-order chi connectivity index (χ0) is 16.2. The number of benzene rings is 1. The van der Waals surface area contributed by atoms with E-state index in [0.29, 0.717) is 17.3 Å². The van der Waals surface area contributed by atoms with E-state index in [1.807, 2.05) is 18.2 Å². The van der Waals surface area contributed by atoms with Crippen molar-refractivity contribution in [2.24, 2.45) is 11.8 Å². The van der Waals surface area contributed by atoms with Gasteiger partial charge in [0.15, 0.2) is 0 Å². The maximum absolute atomic E-state index is 13.0. The third-order valence-electron chi connectivity index (χ3n) is 4.78. The molecule has 6 heteroatoms. The van der Waals surface area contributed by atoms with Crippen molar-refractivity contribution in [2.45, 2.75) is 18.6 Å². The van der Waals surface area contributed by atoms with Gasteiger partial charge >= 0.3 is 5.97 Å². The van der Waals surface area contributed by atoms with Crippen LogP contribution in [0.25, 0.3) is 0 Å². The first-order chi connectivity index (χ1) is 11.1. The molecule has 4 atom stereocenters. The fraction of sp³-hybridized carbons (Fsp3) is 0.412. The van der Waals surface area contributed by atoms with Crippen LogP contribution in [0, 0.1) is 11.8 Å². The van der Waals surface area contributed by atoms with Crippen molar-refractivity contribution in [3.8, 4) is 0 Å². The van der Waals surface area contributed by atoms with E-state index in [-0.39, 0.29) is 24.6 Å². The standard InChI is InChI=1S/C17H16ClNO4/c1-2-22-16(21)13-12-6-7-17(23-12)9-19(15(20)14(13)17)11-5-3-4-10(18)8-11/h3-8,12-14H,2,9H2,1H3/t12-,13?,14-,17?/m1/s1. The zero-order valence-corrected chi connectivity index (χ0v) is 13.3. The number of hydrogen-bond donors (Lipinski definition) is 0. The SMILES string of the molecule is CCOC(=O)C1[C@H]2C=CC3(CN(c4cccc(Cl)c4)C(=O)[C@@H]13)O2. The van der Waals surface area contributed by atoms with Gasteiger partial charge in [0.2, 0.25) is 5.91 Å². The average molecular weight is 334 g/mol. The van der Waals surface area contributed by atoms with Crippen molar-refractivity contribution in [3.05, 3.63) is 41.4 Å². The van der Waals surface area contributed by atoms with Crippen molar-refractivity contribution in [2.75, 3.05) is 18.1 Å². The number of esters is 1. The minimum atomic E-state index is -0.735. The number of anilines is 1. The topological polar surface area (TPSA) is 55.8 Å². The summed E-state index contributed by atoms with van der Waals surface area (Å²) in [6.07, 6.45) is 3.41. The average Bonchev–Trinajstić information content (AvgIpc) is 3.16. The molecule has 2 saturated heterocycles. The molecular formula is C17H16ClNO4. The van der Waals surface area contributed by atoms with E-state index in [4.69, 9.17) is 21.1 Å². The number of nitrogens with zero attached hydrogens (tertiary/aromatic N) is 1. The molecule has 1 amide bonds. The first kappa shape index (κ1) is 14.7. The molecule has 5 nitrogen and oxygen atoms in total. The van der Waals surface area contributed by atoms with E-state index < -0.39 is 17.4 Å². The number of hydrogen-bond acceptors (Lipinski definition) is 4. The Hall–Kier alpha value is -1.85. The Morgan fingerprint density at radius 1 is 1.52 bits per heavy atom. The summed E-state index contributed by atoms with van der Waals surface area (Å²) >= 11 is 6.03. The Kier molecular flexibility index (Phi) is 3.25. The van der Waals surface area contributed by atoms with Crippen molar-refractivity contribution in [1.29, 1.82) is 0 Å². The molecule has 2 unspecified atom stereocenters. The van der Waals surface area contributed by atoms with Gasteiger partial charge in [-0.25, -0.2) is 0 Å². The lowest BCUT2D eigenvalue weighted by atomic mass is 9.77. The summed E-state index contributed by atoms with van der Waals surface area (Å²) in [4.78, 5) is 26.9.